The van der Waals surface area contributed by atoms with Crippen LogP contribution in [0.25, 0.3) is 0 Å². The highest BCUT2D eigenvalue weighted by Gasteiger charge is 2.21. The second-order valence-corrected chi connectivity index (χ2v) is 8.47. The van der Waals surface area contributed by atoms with Gasteiger partial charge in [0.05, 0.1) is 11.7 Å². The van der Waals surface area contributed by atoms with Gasteiger partial charge >= 0.3 is 0 Å². The molecule has 134 valence electrons. The molecule has 2 aromatic rings. The first kappa shape index (κ1) is 19.1. The molecule has 0 aliphatic carbocycles. The van der Waals surface area contributed by atoms with Crippen LogP contribution in [0.2, 0.25) is 0 Å². The highest BCUT2D eigenvalue weighted by atomic mass is 32.2. The summed E-state index contributed by atoms with van der Waals surface area (Å²) in [7, 11) is -3.08. The number of nitrogens with two attached hydrogens (primary N) is 1. The van der Waals surface area contributed by atoms with E-state index in [1.807, 2.05) is 36.4 Å². The minimum Gasteiger partial charge on any atom is -0.352 e. The molecule has 5 nitrogen and oxygen atoms in total. The normalized spacial score (nSPS) is 13.9. The number of sulfone groups is 1. The summed E-state index contributed by atoms with van der Waals surface area (Å²) >= 11 is 0. The molecule has 6 heteroatoms. The molecular formula is C19H24N2O3S. The number of benzene rings is 2. The number of amides is 1. The molecule has 2 atom stereocenters. The Kier molecular flexibility index (Phi) is 6.33. The van der Waals surface area contributed by atoms with E-state index in [0.717, 1.165) is 11.1 Å². The maximum atomic E-state index is 12.4. The van der Waals surface area contributed by atoms with Gasteiger partial charge in [0.1, 0.15) is 0 Å². The van der Waals surface area contributed by atoms with Crippen LogP contribution in [0.1, 0.15) is 29.7 Å². The van der Waals surface area contributed by atoms with Gasteiger partial charge in [0, 0.05) is 18.8 Å². The lowest BCUT2D eigenvalue weighted by Gasteiger charge is -2.20. The Morgan fingerprint density at radius 1 is 1.08 bits per heavy atom. The predicted octanol–water partition coefficient (Wildman–Crippen LogP) is 2.18. The molecule has 0 bridgehead atoms. The van der Waals surface area contributed by atoms with Crippen LogP contribution in [-0.4, -0.2) is 20.6 Å². The lowest BCUT2D eigenvalue weighted by Crippen LogP contribution is -2.35. The zero-order chi connectivity index (χ0) is 18.4. The molecule has 2 aromatic carbocycles. The Morgan fingerprint density at radius 2 is 1.72 bits per heavy atom. The summed E-state index contributed by atoms with van der Waals surface area (Å²) in [6.45, 7) is 2.13. The standard InChI is InChI=1S/C19H24N2O3S/c1-14(18(20)17-9-4-3-5-10-17)19(22)21-12-15-7-6-8-16(11-15)13-25(2,23)24/h3-11,14,18H,12-13,20H2,1-2H3,(H,21,22). The van der Waals surface area contributed by atoms with Gasteiger partial charge in [-0.25, -0.2) is 8.42 Å². The van der Waals surface area contributed by atoms with Crippen LogP contribution >= 0.6 is 0 Å². The number of carbonyl (C=O) groups is 1. The molecule has 0 aliphatic rings. The molecule has 0 fully saturated rings. The fourth-order valence-corrected chi connectivity index (χ4v) is 3.39. The maximum Gasteiger partial charge on any atom is 0.225 e. The number of nitrogens with one attached hydrogen (secondary N) is 1. The third kappa shape index (κ3) is 5.99. The van der Waals surface area contributed by atoms with E-state index in [4.69, 9.17) is 5.73 Å². The van der Waals surface area contributed by atoms with E-state index in [1.165, 1.54) is 6.26 Å². The zero-order valence-electron chi connectivity index (χ0n) is 14.5. The Labute approximate surface area is 149 Å². The molecule has 0 saturated heterocycles. The summed E-state index contributed by atoms with van der Waals surface area (Å²) in [6.07, 6.45) is 1.20. The van der Waals surface area contributed by atoms with Crippen molar-refractivity contribution >= 4 is 15.7 Å². The Morgan fingerprint density at radius 3 is 2.36 bits per heavy atom. The molecule has 0 heterocycles. The number of rotatable bonds is 7. The first-order valence-corrected chi connectivity index (χ1v) is 10.2. The summed E-state index contributed by atoms with van der Waals surface area (Å²) in [5.41, 5.74) is 8.66. The van der Waals surface area contributed by atoms with Gasteiger partial charge in [0.2, 0.25) is 5.91 Å². The Bertz CT molecular complexity index is 820. The Hall–Kier alpha value is -2.18. The third-order valence-electron chi connectivity index (χ3n) is 4.02. The molecule has 0 aliphatic heterocycles. The summed E-state index contributed by atoms with van der Waals surface area (Å²) in [4.78, 5) is 12.4. The van der Waals surface area contributed by atoms with E-state index in [9.17, 15) is 13.2 Å². The van der Waals surface area contributed by atoms with Crippen LogP contribution in [-0.2, 0) is 26.9 Å². The summed E-state index contributed by atoms with van der Waals surface area (Å²) in [5.74, 6) is -0.518. The topological polar surface area (TPSA) is 89.3 Å². The summed E-state index contributed by atoms with van der Waals surface area (Å²) < 4.78 is 22.8. The zero-order valence-corrected chi connectivity index (χ0v) is 15.3. The van der Waals surface area contributed by atoms with Crippen molar-refractivity contribution in [3.05, 3.63) is 71.3 Å². The molecule has 2 unspecified atom stereocenters. The maximum absolute atomic E-state index is 12.4. The molecule has 0 radical (unpaired) electrons. The third-order valence-corrected chi connectivity index (χ3v) is 4.88. The highest BCUT2D eigenvalue weighted by Crippen LogP contribution is 2.19. The Balaban J connectivity index is 1.96. The summed E-state index contributed by atoms with van der Waals surface area (Å²) in [6, 6.07) is 16.3. The molecule has 0 saturated carbocycles. The first-order valence-electron chi connectivity index (χ1n) is 8.10. The number of hydrogen-bond acceptors (Lipinski definition) is 4. The van der Waals surface area contributed by atoms with Crippen molar-refractivity contribution < 1.29 is 13.2 Å². The van der Waals surface area contributed by atoms with E-state index < -0.39 is 9.84 Å². The minimum absolute atomic E-state index is 0.00985. The van der Waals surface area contributed by atoms with Gasteiger partial charge in [-0.15, -0.1) is 0 Å². The smallest absolute Gasteiger partial charge is 0.225 e. The van der Waals surface area contributed by atoms with Crippen LogP contribution < -0.4 is 11.1 Å². The van der Waals surface area contributed by atoms with Crippen molar-refractivity contribution in [2.75, 3.05) is 6.26 Å². The van der Waals surface area contributed by atoms with Crippen molar-refractivity contribution in [2.24, 2.45) is 11.7 Å². The fraction of sp³-hybridized carbons (Fsp3) is 0.316. The average molecular weight is 360 g/mol. The first-order chi connectivity index (χ1) is 11.8. The van der Waals surface area contributed by atoms with Crippen LogP contribution in [0.15, 0.2) is 54.6 Å². The largest absolute Gasteiger partial charge is 0.352 e. The lowest BCUT2D eigenvalue weighted by molar-refractivity contribution is -0.125. The van der Waals surface area contributed by atoms with Gasteiger partial charge in [-0.05, 0) is 16.7 Å². The SMILES string of the molecule is CC(C(=O)NCc1cccc(CS(C)(=O)=O)c1)C(N)c1ccccc1. The monoisotopic (exact) mass is 360 g/mol. The summed E-state index contributed by atoms with van der Waals surface area (Å²) in [5, 5.41) is 2.87. The fourth-order valence-electron chi connectivity index (χ4n) is 2.61. The van der Waals surface area contributed by atoms with E-state index in [0.29, 0.717) is 12.1 Å². The van der Waals surface area contributed by atoms with E-state index in [-0.39, 0.29) is 23.6 Å². The predicted molar refractivity (Wildman–Crippen MR) is 99.4 cm³/mol. The van der Waals surface area contributed by atoms with Crippen LogP contribution in [0.5, 0.6) is 0 Å². The van der Waals surface area contributed by atoms with E-state index in [2.05, 4.69) is 5.32 Å². The van der Waals surface area contributed by atoms with Crippen molar-refractivity contribution in [3.8, 4) is 0 Å². The second kappa shape index (κ2) is 8.27. The van der Waals surface area contributed by atoms with Gasteiger partial charge < -0.3 is 11.1 Å². The molecule has 1 amide bonds. The number of carbonyl (C=O) groups excluding carboxylic acids is 1. The van der Waals surface area contributed by atoms with Gasteiger partial charge in [-0.3, -0.25) is 4.79 Å². The van der Waals surface area contributed by atoms with Crippen LogP contribution in [0.4, 0.5) is 0 Å². The van der Waals surface area contributed by atoms with E-state index >= 15 is 0 Å². The van der Waals surface area contributed by atoms with Gasteiger partial charge in [-0.2, -0.15) is 0 Å². The minimum atomic E-state index is -3.08. The van der Waals surface area contributed by atoms with Crippen molar-refractivity contribution in [1.29, 1.82) is 0 Å². The van der Waals surface area contributed by atoms with Gasteiger partial charge in [0.15, 0.2) is 9.84 Å². The quantitative estimate of drug-likeness (QED) is 0.792. The molecule has 0 aromatic heterocycles. The van der Waals surface area contributed by atoms with Crippen molar-refractivity contribution in [1.82, 2.24) is 5.32 Å². The lowest BCUT2D eigenvalue weighted by atomic mass is 9.94. The number of hydrogen-bond donors (Lipinski definition) is 2. The second-order valence-electron chi connectivity index (χ2n) is 6.33. The molecular weight excluding hydrogens is 336 g/mol. The molecule has 0 spiro atoms. The average Bonchev–Trinajstić information content (AvgIpc) is 2.58. The van der Waals surface area contributed by atoms with Crippen LogP contribution in [0.3, 0.4) is 0 Å². The van der Waals surface area contributed by atoms with Gasteiger partial charge in [-0.1, -0.05) is 61.5 Å². The van der Waals surface area contributed by atoms with Crippen molar-refractivity contribution in [2.45, 2.75) is 25.3 Å². The molecule has 25 heavy (non-hydrogen) atoms. The molecule has 3 N–H and O–H groups in total. The highest BCUT2D eigenvalue weighted by molar-refractivity contribution is 7.89. The van der Waals surface area contributed by atoms with Crippen LogP contribution in [0, 0.1) is 5.92 Å². The van der Waals surface area contributed by atoms with E-state index in [1.54, 1.807) is 25.1 Å². The van der Waals surface area contributed by atoms with Crippen molar-refractivity contribution in [3.63, 3.8) is 0 Å². The molecule has 2 rings (SSSR count). The van der Waals surface area contributed by atoms with Gasteiger partial charge in [0.25, 0.3) is 0 Å².